The maximum Gasteiger partial charge on any atom is 0.260 e. The third-order valence-corrected chi connectivity index (χ3v) is 6.50. The number of benzene rings is 1. The Morgan fingerprint density at radius 3 is 2.86 bits per heavy atom. The van der Waals surface area contributed by atoms with Crippen molar-refractivity contribution in [1.29, 1.82) is 0 Å². The van der Waals surface area contributed by atoms with E-state index in [2.05, 4.69) is 16.9 Å². The number of rotatable bonds is 4. The maximum atomic E-state index is 12.7. The molecule has 1 N–H and O–H groups in total. The number of aryl methyl sites for hydroxylation is 1. The van der Waals surface area contributed by atoms with Crippen LogP contribution in [-0.4, -0.2) is 24.2 Å². The first kappa shape index (κ1) is 19.0. The second-order valence-electron chi connectivity index (χ2n) is 7.05. The van der Waals surface area contributed by atoms with E-state index in [4.69, 9.17) is 21.1 Å². The largest absolute Gasteiger partial charge is 0.493 e. The van der Waals surface area contributed by atoms with Gasteiger partial charge in [-0.3, -0.25) is 4.79 Å². The Balaban J connectivity index is 1.71. The Hall–Kier alpha value is -2.31. The first-order chi connectivity index (χ1) is 13.5. The van der Waals surface area contributed by atoms with Crippen LogP contribution < -0.4 is 15.0 Å². The second kappa shape index (κ2) is 7.60. The Bertz CT molecular complexity index is 1130. The van der Waals surface area contributed by atoms with E-state index in [1.165, 1.54) is 10.4 Å². The van der Waals surface area contributed by atoms with Gasteiger partial charge in [-0.05, 0) is 54.5 Å². The van der Waals surface area contributed by atoms with Gasteiger partial charge in [0.25, 0.3) is 5.56 Å². The van der Waals surface area contributed by atoms with E-state index in [1.807, 2.05) is 12.1 Å². The lowest BCUT2D eigenvalue weighted by atomic mass is 9.89. The molecule has 1 atom stereocenters. The standard InChI is InChI=1S/C21H21ClN2O3S/c1-11-4-6-13-16(8-11)28-21-18(13)20(25)23-17(24-21)7-5-12-9-14(22)19(27-3)15(10-12)26-2/h5,7,9-11H,4,6,8H2,1-3H3,(H,23,24,25)/b7-5+/t11-/m1/s1. The van der Waals surface area contributed by atoms with Crippen molar-refractivity contribution in [2.24, 2.45) is 5.92 Å². The Morgan fingerprint density at radius 1 is 1.29 bits per heavy atom. The minimum atomic E-state index is -0.0675. The summed E-state index contributed by atoms with van der Waals surface area (Å²) in [6.45, 7) is 2.26. The van der Waals surface area contributed by atoms with E-state index >= 15 is 0 Å². The van der Waals surface area contributed by atoms with E-state index < -0.39 is 0 Å². The van der Waals surface area contributed by atoms with Gasteiger partial charge in [0.05, 0.1) is 24.6 Å². The summed E-state index contributed by atoms with van der Waals surface area (Å²) in [6.07, 6.45) is 6.74. The minimum absolute atomic E-state index is 0.0675. The molecule has 3 aromatic rings. The zero-order valence-corrected chi connectivity index (χ0v) is 17.5. The van der Waals surface area contributed by atoms with Crippen LogP contribution in [0.15, 0.2) is 16.9 Å². The molecular weight excluding hydrogens is 396 g/mol. The van der Waals surface area contributed by atoms with Crippen LogP contribution in [0.5, 0.6) is 11.5 Å². The van der Waals surface area contributed by atoms with Gasteiger partial charge in [-0.2, -0.15) is 0 Å². The molecule has 0 unspecified atom stereocenters. The van der Waals surface area contributed by atoms with E-state index in [1.54, 1.807) is 37.7 Å². The summed E-state index contributed by atoms with van der Waals surface area (Å²) in [7, 11) is 3.11. The smallest absolute Gasteiger partial charge is 0.260 e. The number of fused-ring (bicyclic) bond motifs is 3. The van der Waals surface area contributed by atoms with Gasteiger partial charge in [-0.25, -0.2) is 4.98 Å². The fourth-order valence-corrected chi connectivity index (χ4v) is 5.34. The number of hydrogen-bond donors (Lipinski definition) is 1. The molecule has 2 aromatic heterocycles. The van der Waals surface area contributed by atoms with Crippen LogP contribution in [0.3, 0.4) is 0 Å². The van der Waals surface area contributed by atoms with Crippen molar-refractivity contribution in [3.63, 3.8) is 0 Å². The van der Waals surface area contributed by atoms with Gasteiger partial charge in [0.1, 0.15) is 10.7 Å². The number of nitrogens with zero attached hydrogens (tertiary/aromatic N) is 1. The molecule has 0 radical (unpaired) electrons. The highest BCUT2D eigenvalue weighted by molar-refractivity contribution is 7.18. The first-order valence-electron chi connectivity index (χ1n) is 9.14. The topological polar surface area (TPSA) is 64.2 Å². The molecule has 1 aliphatic rings. The number of hydrogen-bond acceptors (Lipinski definition) is 5. The molecule has 0 saturated heterocycles. The van der Waals surface area contributed by atoms with Crippen LogP contribution in [0.25, 0.3) is 22.4 Å². The highest BCUT2D eigenvalue weighted by Gasteiger charge is 2.22. The number of methoxy groups -OCH3 is 2. The van der Waals surface area contributed by atoms with Gasteiger partial charge in [0.15, 0.2) is 11.5 Å². The molecule has 7 heteroatoms. The zero-order valence-electron chi connectivity index (χ0n) is 16.0. The number of thiophene rings is 1. The fourth-order valence-electron chi connectivity index (χ4n) is 3.65. The van der Waals surface area contributed by atoms with Crippen LogP contribution in [0, 0.1) is 5.92 Å². The van der Waals surface area contributed by atoms with Gasteiger partial charge >= 0.3 is 0 Å². The highest BCUT2D eigenvalue weighted by Crippen LogP contribution is 2.37. The third kappa shape index (κ3) is 3.42. The van der Waals surface area contributed by atoms with E-state index in [-0.39, 0.29) is 5.56 Å². The Kier molecular flexibility index (Phi) is 5.17. The molecule has 2 heterocycles. The molecule has 0 spiro atoms. The predicted molar refractivity (Wildman–Crippen MR) is 115 cm³/mol. The van der Waals surface area contributed by atoms with Gasteiger partial charge in [0, 0.05) is 4.88 Å². The quantitative estimate of drug-likeness (QED) is 0.653. The van der Waals surface area contributed by atoms with Crippen LogP contribution >= 0.6 is 22.9 Å². The molecule has 0 fully saturated rings. The Labute approximate surface area is 172 Å². The lowest BCUT2D eigenvalue weighted by Crippen LogP contribution is -2.13. The van der Waals surface area contributed by atoms with Crippen molar-refractivity contribution in [1.82, 2.24) is 9.97 Å². The molecule has 146 valence electrons. The molecule has 5 nitrogen and oxygen atoms in total. The monoisotopic (exact) mass is 416 g/mol. The molecule has 1 aromatic carbocycles. The third-order valence-electron chi connectivity index (χ3n) is 5.07. The van der Waals surface area contributed by atoms with Crippen molar-refractivity contribution in [2.75, 3.05) is 14.2 Å². The van der Waals surface area contributed by atoms with Crippen molar-refractivity contribution in [3.05, 3.63) is 49.3 Å². The lowest BCUT2D eigenvalue weighted by molar-refractivity contribution is 0.355. The number of halogens is 1. The second-order valence-corrected chi connectivity index (χ2v) is 8.55. The average molecular weight is 417 g/mol. The van der Waals surface area contributed by atoms with Crippen molar-refractivity contribution < 1.29 is 9.47 Å². The minimum Gasteiger partial charge on any atom is -0.493 e. The number of nitrogens with one attached hydrogen (secondary N) is 1. The molecule has 4 rings (SSSR count). The van der Waals surface area contributed by atoms with E-state index in [0.29, 0.717) is 28.3 Å². The van der Waals surface area contributed by atoms with Crippen molar-refractivity contribution in [3.8, 4) is 11.5 Å². The number of H-pyrrole nitrogens is 1. The Morgan fingerprint density at radius 2 is 2.11 bits per heavy atom. The molecule has 0 aliphatic heterocycles. The SMILES string of the molecule is COc1cc(/C=C/c2nc3sc4c(c3c(=O)[nH]2)CC[C@@H](C)C4)cc(Cl)c1OC. The molecular formula is C21H21ClN2O3S. The van der Waals surface area contributed by atoms with Crippen LogP contribution in [0.2, 0.25) is 5.02 Å². The van der Waals surface area contributed by atoms with E-state index in [0.717, 1.165) is 35.0 Å². The summed E-state index contributed by atoms with van der Waals surface area (Å²) in [6, 6.07) is 3.60. The summed E-state index contributed by atoms with van der Waals surface area (Å²) in [5.74, 6) is 2.23. The van der Waals surface area contributed by atoms with Gasteiger partial charge in [-0.1, -0.05) is 24.6 Å². The van der Waals surface area contributed by atoms with E-state index in [9.17, 15) is 4.79 Å². The zero-order chi connectivity index (χ0) is 19.8. The van der Waals surface area contributed by atoms with Gasteiger partial charge < -0.3 is 14.5 Å². The van der Waals surface area contributed by atoms with Crippen LogP contribution in [0.1, 0.15) is 35.2 Å². The normalized spacial score (nSPS) is 16.5. The summed E-state index contributed by atoms with van der Waals surface area (Å²) in [5.41, 5.74) is 1.95. The highest BCUT2D eigenvalue weighted by atomic mass is 35.5. The first-order valence-corrected chi connectivity index (χ1v) is 10.3. The fraction of sp³-hybridized carbons (Fsp3) is 0.333. The summed E-state index contributed by atoms with van der Waals surface area (Å²) >= 11 is 7.90. The summed E-state index contributed by atoms with van der Waals surface area (Å²) < 4.78 is 10.6. The predicted octanol–water partition coefficient (Wildman–Crippen LogP) is 4.95. The number of aromatic amines is 1. The molecule has 28 heavy (non-hydrogen) atoms. The van der Waals surface area contributed by atoms with Crippen LogP contribution in [0.4, 0.5) is 0 Å². The van der Waals surface area contributed by atoms with Gasteiger partial charge in [-0.15, -0.1) is 11.3 Å². The molecule has 0 saturated carbocycles. The maximum absolute atomic E-state index is 12.7. The summed E-state index contributed by atoms with van der Waals surface area (Å²) in [5, 5.41) is 1.22. The average Bonchev–Trinajstić information content (AvgIpc) is 3.03. The van der Waals surface area contributed by atoms with Crippen molar-refractivity contribution in [2.45, 2.75) is 26.2 Å². The molecule has 0 amide bonds. The van der Waals surface area contributed by atoms with Gasteiger partial charge in [0.2, 0.25) is 0 Å². The van der Waals surface area contributed by atoms with Crippen LogP contribution in [-0.2, 0) is 12.8 Å². The molecule has 0 bridgehead atoms. The lowest BCUT2D eigenvalue weighted by Gasteiger charge is -2.17. The number of ether oxygens (including phenoxy) is 2. The summed E-state index contributed by atoms with van der Waals surface area (Å²) in [4.78, 5) is 22.4. The number of aromatic nitrogens is 2. The van der Waals surface area contributed by atoms with Crippen molar-refractivity contribution >= 4 is 45.3 Å². The molecule has 1 aliphatic carbocycles.